The molecule has 2 aromatic rings. The molecule has 0 amide bonds. The molecule has 0 unspecified atom stereocenters. The van der Waals surface area contributed by atoms with Gasteiger partial charge in [0.15, 0.2) is 0 Å². The Balaban J connectivity index is 2.53. The molecule has 0 saturated heterocycles. The summed E-state index contributed by atoms with van der Waals surface area (Å²) in [5, 5.41) is 0. The van der Waals surface area contributed by atoms with E-state index in [0.717, 1.165) is 22.4 Å². The lowest BCUT2D eigenvalue weighted by Gasteiger charge is -2.07. The molecular formula is C14H13FO. The van der Waals surface area contributed by atoms with Gasteiger partial charge in [-0.2, -0.15) is 0 Å². The summed E-state index contributed by atoms with van der Waals surface area (Å²) < 4.78 is 18.3. The zero-order valence-electron chi connectivity index (χ0n) is 9.33. The minimum absolute atomic E-state index is 0.219. The first kappa shape index (κ1) is 10.7. The standard InChI is InChI=1S/C14H13FO/c1-10-6-7-12(15)9-14(10)11-4-3-5-13(8-11)16-2/h3-9H,1-2H3. The second-order valence-electron chi connectivity index (χ2n) is 3.69. The fourth-order valence-corrected chi connectivity index (χ4v) is 1.70. The van der Waals surface area contributed by atoms with E-state index in [0.29, 0.717) is 0 Å². The van der Waals surface area contributed by atoms with Crippen LogP contribution in [0.2, 0.25) is 0 Å². The van der Waals surface area contributed by atoms with Gasteiger partial charge in [-0.25, -0.2) is 4.39 Å². The van der Waals surface area contributed by atoms with Gasteiger partial charge in [0, 0.05) is 0 Å². The van der Waals surface area contributed by atoms with Crippen LogP contribution in [-0.2, 0) is 0 Å². The Labute approximate surface area is 94.5 Å². The largest absolute Gasteiger partial charge is 0.497 e. The molecule has 0 aliphatic heterocycles. The van der Waals surface area contributed by atoms with Crippen molar-refractivity contribution in [1.82, 2.24) is 0 Å². The molecule has 1 nitrogen and oxygen atoms in total. The summed E-state index contributed by atoms with van der Waals surface area (Å²) in [6.07, 6.45) is 0. The lowest BCUT2D eigenvalue weighted by atomic mass is 10.0. The zero-order valence-corrected chi connectivity index (χ0v) is 9.33. The molecule has 0 aliphatic rings. The predicted octanol–water partition coefficient (Wildman–Crippen LogP) is 3.81. The van der Waals surface area contributed by atoms with E-state index in [1.54, 1.807) is 19.2 Å². The highest BCUT2D eigenvalue weighted by atomic mass is 19.1. The topological polar surface area (TPSA) is 9.23 Å². The van der Waals surface area contributed by atoms with Gasteiger partial charge < -0.3 is 4.74 Å². The highest BCUT2D eigenvalue weighted by molar-refractivity contribution is 5.68. The van der Waals surface area contributed by atoms with Gasteiger partial charge in [0.05, 0.1) is 7.11 Å². The summed E-state index contributed by atoms with van der Waals surface area (Å²) in [6, 6.07) is 12.4. The second-order valence-corrected chi connectivity index (χ2v) is 3.69. The average molecular weight is 216 g/mol. The molecule has 0 spiro atoms. The van der Waals surface area contributed by atoms with E-state index in [1.807, 2.05) is 31.2 Å². The van der Waals surface area contributed by atoms with E-state index in [9.17, 15) is 4.39 Å². The van der Waals surface area contributed by atoms with Crippen molar-refractivity contribution in [2.45, 2.75) is 6.92 Å². The van der Waals surface area contributed by atoms with E-state index in [4.69, 9.17) is 4.74 Å². The number of methoxy groups -OCH3 is 1. The van der Waals surface area contributed by atoms with Crippen molar-refractivity contribution >= 4 is 0 Å². The molecule has 0 N–H and O–H groups in total. The molecule has 0 saturated carbocycles. The van der Waals surface area contributed by atoms with Crippen LogP contribution in [0.15, 0.2) is 42.5 Å². The molecule has 16 heavy (non-hydrogen) atoms. The Morgan fingerprint density at radius 1 is 1.06 bits per heavy atom. The Morgan fingerprint density at radius 3 is 2.62 bits per heavy atom. The second kappa shape index (κ2) is 4.35. The summed E-state index contributed by atoms with van der Waals surface area (Å²) in [7, 11) is 1.62. The maximum absolute atomic E-state index is 13.2. The predicted molar refractivity (Wildman–Crippen MR) is 63.1 cm³/mol. The number of halogens is 1. The third-order valence-corrected chi connectivity index (χ3v) is 2.58. The number of ether oxygens (including phenoxy) is 1. The number of benzene rings is 2. The summed E-state index contributed by atoms with van der Waals surface area (Å²) in [5.74, 6) is 0.560. The third-order valence-electron chi connectivity index (χ3n) is 2.58. The maximum Gasteiger partial charge on any atom is 0.123 e. The van der Waals surface area contributed by atoms with Crippen molar-refractivity contribution in [1.29, 1.82) is 0 Å². The first-order valence-electron chi connectivity index (χ1n) is 5.11. The Kier molecular flexibility index (Phi) is 2.91. The summed E-state index contributed by atoms with van der Waals surface area (Å²) >= 11 is 0. The monoisotopic (exact) mass is 216 g/mol. The van der Waals surface area contributed by atoms with Crippen LogP contribution >= 0.6 is 0 Å². The fraction of sp³-hybridized carbons (Fsp3) is 0.143. The summed E-state index contributed by atoms with van der Waals surface area (Å²) in [6.45, 7) is 1.97. The molecule has 0 fully saturated rings. The van der Waals surface area contributed by atoms with Gasteiger partial charge in [-0.3, -0.25) is 0 Å². The minimum Gasteiger partial charge on any atom is -0.497 e. The lowest BCUT2D eigenvalue weighted by molar-refractivity contribution is 0.415. The summed E-state index contributed by atoms with van der Waals surface area (Å²) in [5.41, 5.74) is 2.92. The first-order chi connectivity index (χ1) is 7.70. The van der Waals surface area contributed by atoms with Crippen molar-refractivity contribution < 1.29 is 9.13 Å². The van der Waals surface area contributed by atoms with Crippen molar-refractivity contribution in [3.63, 3.8) is 0 Å². The van der Waals surface area contributed by atoms with Gasteiger partial charge in [0.2, 0.25) is 0 Å². The van der Waals surface area contributed by atoms with Gasteiger partial charge in [-0.05, 0) is 47.9 Å². The number of hydrogen-bond acceptors (Lipinski definition) is 1. The number of aryl methyl sites for hydroxylation is 1. The molecule has 82 valence electrons. The molecule has 0 atom stereocenters. The molecule has 0 bridgehead atoms. The average Bonchev–Trinajstić information content (AvgIpc) is 2.32. The third kappa shape index (κ3) is 2.06. The molecule has 0 radical (unpaired) electrons. The van der Waals surface area contributed by atoms with Crippen LogP contribution in [0.3, 0.4) is 0 Å². The summed E-state index contributed by atoms with van der Waals surface area (Å²) in [4.78, 5) is 0. The van der Waals surface area contributed by atoms with Crippen LogP contribution in [-0.4, -0.2) is 7.11 Å². The fourth-order valence-electron chi connectivity index (χ4n) is 1.70. The van der Waals surface area contributed by atoms with Gasteiger partial charge >= 0.3 is 0 Å². The van der Waals surface area contributed by atoms with E-state index >= 15 is 0 Å². The van der Waals surface area contributed by atoms with Crippen molar-refractivity contribution in [2.75, 3.05) is 7.11 Å². The molecule has 0 heterocycles. The van der Waals surface area contributed by atoms with Crippen molar-refractivity contribution in [2.24, 2.45) is 0 Å². The Hall–Kier alpha value is -1.83. The maximum atomic E-state index is 13.2. The van der Waals surface area contributed by atoms with Crippen molar-refractivity contribution in [3.05, 3.63) is 53.8 Å². The molecule has 0 aliphatic carbocycles. The molecule has 0 aromatic heterocycles. The van der Waals surface area contributed by atoms with E-state index in [-0.39, 0.29) is 5.82 Å². The normalized spacial score (nSPS) is 10.2. The number of hydrogen-bond donors (Lipinski definition) is 0. The number of rotatable bonds is 2. The quantitative estimate of drug-likeness (QED) is 0.741. The zero-order chi connectivity index (χ0) is 11.5. The van der Waals surface area contributed by atoms with Crippen LogP contribution in [0.4, 0.5) is 4.39 Å². The van der Waals surface area contributed by atoms with Gasteiger partial charge in [0.25, 0.3) is 0 Å². The van der Waals surface area contributed by atoms with Crippen LogP contribution in [0.5, 0.6) is 5.75 Å². The van der Waals surface area contributed by atoms with Crippen LogP contribution < -0.4 is 4.74 Å². The highest BCUT2D eigenvalue weighted by Crippen LogP contribution is 2.27. The van der Waals surface area contributed by atoms with E-state index < -0.39 is 0 Å². The van der Waals surface area contributed by atoms with Crippen molar-refractivity contribution in [3.8, 4) is 16.9 Å². The Bertz CT molecular complexity index is 506. The van der Waals surface area contributed by atoms with E-state index in [1.165, 1.54) is 6.07 Å². The molecule has 2 heteroatoms. The van der Waals surface area contributed by atoms with Gasteiger partial charge in [-0.1, -0.05) is 18.2 Å². The smallest absolute Gasteiger partial charge is 0.123 e. The molecular weight excluding hydrogens is 203 g/mol. The first-order valence-corrected chi connectivity index (χ1v) is 5.11. The lowest BCUT2D eigenvalue weighted by Crippen LogP contribution is -1.87. The van der Waals surface area contributed by atoms with Gasteiger partial charge in [0.1, 0.15) is 11.6 Å². The van der Waals surface area contributed by atoms with Crippen LogP contribution in [0.1, 0.15) is 5.56 Å². The SMILES string of the molecule is COc1cccc(-c2cc(F)ccc2C)c1. The molecule has 2 rings (SSSR count). The highest BCUT2D eigenvalue weighted by Gasteiger charge is 2.04. The Morgan fingerprint density at radius 2 is 1.88 bits per heavy atom. The minimum atomic E-state index is -0.219. The van der Waals surface area contributed by atoms with E-state index in [2.05, 4.69) is 0 Å². The van der Waals surface area contributed by atoms with Gasteiger partial charge in [-0.15, -0.1) is 0 Å². The molecule has 2 aromatic carbocycles. The van der Waals surface area contributed by atoms with Crippen LogP contribution in [0, 0.1) is 12.7 Å². The van der Waals surface area contributed by atoms with Crippen LogP contribution in [0.25, 0.3) is 11.1 Å².